The Hall–Kier alpha value is -1.06. The van der Waals surface area contributed by atoms with E-state index in [0.29, 0.717) is 17.4 Å². The van der Waals surface area contributed by atoms with Crippen molar-refractivity contribution in [1.29, 1.82) is 0 Å². The third-order valence-corrected chi connectivity index (χ3v) is 5.14. The first-order valence-corrected chi connectivity index (χ1v) is 8.08. The van der Waals surface area contributed by atoms with Crippen molar-refractivity contribution >= 4 is 11.9 Å². The third-order valence-electron chi connectivity index (χ3n) is 5.14. The van der Waals surface area contributed by atoms with E-state index in [1.54, 1.807) is 0 Å². The van der Waals surface area contributed by atoms with Crippen LogP contribution in [0.5, 0.6) is 0 Å². The third kappa shape index (κ3) is 2.99. The molecule has 0 spiro atoms. The highest BCUT2D eigenvalue weighted by Gasteiger charge is 2.39. The van der Waals surface area contributed by atoms with E-state index in [2.05, 4.69) is 36.4 Å². The summed E-state index contributed by atoms with van der Waals surface area (Å²) in [6.45, 7) is 6.99. The van der Waals surface area contributed by atoms with Gasteiger partial charge in [0.05, 0.1) is 0 Å². The molecule has 0 bridgehead atoms. The Bertz CT molecular complexity index is 412. The van der Waals surface area contributed by atoms with Crippen LogP contribution in [0.4, 0.5) is 0 Å². The lowest BCUT2D eigenvalue weighted by molar-refractivity contribution is -0.121. The number of carbonyl (C=O) groups excluding carboxylic acids is 1. The maximum atomic E-state index is 12.1. The highest BCUT2D eigenvalue weighted by molar-refractivity contribution is 6.05. The Kier molecular flexibility index (Phi) is 3.51. The molecule has 1 unspecified atom stereocenters. The molecule has 0 aromatic carbocycles. The second-order valence-electron chi connectivity index (χ2n) is 7.81. The summed E-state index contributed by atoms with van der Waals surface area (Å²) < 4.78 is 0. The van der Waals surface area contributed by atoms with Crippen LogP contribution in [-0.2, 0) is 4.79 Å². The van der Waals surface area contributed by atoms with Gasteiger partial charge in [0, 0.05) is 6.04 Å². The number of rotatable bonds is 2. The lowest BCUT2D eigenvalue weighted by Crippen LogP contribution is -2.40. The summed E-state index contributed by atoms with van der Waals surface area (Å²) >= 11 is 0. The molecule has 112 valence electrons. The molecule has 2 fully saturated rings. The molecule has 0 radical (unpaired) electrons. The van der Waals surface area contributed by atoms with Crippen molar-refractivity contribution in [3.8, 4) is 0 Å². The average Bonchev–Trinajstić information content (AvgIpc) is 3.11. The maximum absolute atomic E-state index is 12.1. The monoisotopic (exact) mass is 277 g/mol. The molecule has 2 saturated carbocycles. The van der Waals surface area contributed by atoms with E-state index < -0.39 is 0 Å². The summed E-state index contributed by atoms with van der Waals surface area (Å²) in [6.07, 6.45) is 7.16. The van der Waals surface area contributed by atoms with Gasteiger partial charge in [0.1, 0.15) is 6.04 Å². The van der Waals surface area contributed by atoms with Crippen molar-refractivity contribution in [3.63, 3.8) is 0 Å². The summed E-state index contributed by atoms with van der Waals surface area (Å²) in [7, 11) is 0. The standard InChI is InChI=1S/C16H27N3O/c1-16(2,3)11-6-4-10(5-7-11)13-14(20)19-15(18-13)17-12-8-9-12/h10-13H,4-9H2,1-3H3,(H2,17,18,19,20). The van der Waals surface area contributed by atoms with Crippen LogP contribution in [0, 0.1) is 17.3 Å². The van der Waals surface area contributed by atoms with E-state index in [-0.39, 0.29) is 11.9 Å². The topological polar surface area (TPSA) is 53.5 Å². The zero-order valence-corrected chi connectivity index (χ0v) is 12.9. The minimum atomic E-state index is -0.142. The molecule has 0 saturated heterocycles. The van der Waals surface area contributed by atoms with Gasteiger partial charge in [-0.15, -0.1) is 0 Å². The van der Waals surface area contributed by atoms with Gasteiger partial charge in [0.15, 0.2) is 5.96 Å². The minimum absolute atomic E-state index is 0.104. The number of nitrogens with zero attached hydrogens (tertiary/aromatic N) is 1. The number of carbonyl (C=O) groups is 1. The molecule has 2 N–H and O–H groups in total. The molecular formula is C16H27N3O. The van der Waals surface area contributed by atoms with Crippen LogP contribution >= 0.6 is 0 Å². The Labute approximate surface area is 121 Å². The second-order valence-corrected chi connectivity index (χ2v) is 7.81. The van der Waals surface area contributed by atoms with Gasteiger partial charge in [-0.3, -0.25) is 10.1 Å². The minimum Gasteiger partial charge on any atom is -0.353 e. The molecule has 3 aliphatic rings. The summed E-state index contributed by atoms with van der Waals surface area (Å²) in [4.78, 5) is 16.7. The van der Waals surface area contributed by atoms with E-state index in [4.69, 9.17) is 0 Å². The van der Waals surface area contributed by atoms with Gasteiger partial charge in [-0.2, -0.15) is 0 Å². The van der Waals surface area contributed by atoms with Gasteiger partial charge < -0.3 is 5.32 Å². The largest absolute Gasteiger partial charge is 0.353 e. The number of hydrogen-bond donors (Lipinski definition) is 2. The number of aliphatic imine (C=N–C) groups is 1. The second kappa shape index (κ2) is 5.05. The summed E-state index contributed by atoms with van der Waals surface area (Å²) in [5.74, 6) is 2.05. The van der Waals surface area contributed by atoms with Crippen molar-refractivity contribution in [2.24, 2.45) is 22.2 Å². The predicted octanol–water partition coefficient (Wildman–Crippen LogP) is 2.45. The SMILES string of the molecule is CC(C)(C)C1CCC(C2N=C(NC3CC3)NC2=O)CC1. The molecule has 2 aliphatic carbocycles. The summed E-state index contributed by atoms with van der Waals surface area (Å²) in [5.41, 5.74) is 0.394. The van der Waals surface area contributed by atoms with Gasteiger partial charge in [-0.05, 0) is 55.8 Å². The number of amides is 1. The lowest BCUT2D eigenvalue weighted by Gasteiger charge is -2.37. The Balaban J connectivity index is 1.57. The van der Waals surface area contributed by atoms with Gasteiger partial charge in [-0.25, -0.2) is 4.99 Å². The molecule has 20 heavy (non-hydrogen) atoms. The van der Waals surface area contributed by atoms with Crippen molar-refractivity contribution in [2.75, 3.05) is 0 Å². The zero-order chi connectivity index (χ0) is 14.3. The van der Waals surface area contributed by atoms with E-state index in [1.807, 2.05) is 0 Å². The lowest BCUT2D eigenvalue weighted by atomic mass is 9.68. The van der Waals surface area contributed by atoms with Crippen LogP contribution in [0.1, 0.15) is 59.3 Å². The zero-order valence-electron chi connectivity index (χ0n) is 12.9. The van der Waals surface area contributed by atoms with Crippen LogP contribution in [-0.4, -0.2) is 24.0 Å². The van der Waals surface area contributed by atoms with Gasteiger partial charge in [0.25, 0.3) is 5.91 Å². The fourth-order valence-corrected chi connectivity index (χ4v) is 3.54. The van der Waals surface area contributed by atoms with E-state index in [0.717, 1.165) is 24.7 Å². The number of hydrogen-bond acceptors (Lipinski definition) is 3. The van der Waals surface area contributed by atoms with Crippen molar-refractivity contribution in [1.82, 2.24) is 10.6 Å². The molecule has 1 aliphatic heterocycles. The summed E-state index contributed by atoms with van der Waals surface area (Å²) in [5, 5.41) is 6.22. The maximum Gasteiger partial charge on any atom is 0.251 e. The molecule has 4 nitrogen and oxygen atoms in total. The van der Waals surface area contributed by atoms with Crippen LogP contribution in [0.15, 0.2) is 4.99 Å². The highest BCUT2D eigenvalue weighted by Crippen LogP contribution is 2.41. The smallest absolute Gasteiger partial charge is 0.251 e. The molecule has 4 heteroatoms. The molecule has 1 atom stereocenters. The van der Waals surface area contributed by atoms with Crippen molar-refractivity contribution in [2.45, 2.75) is 71.4 Å². The van der Waals surface area contributed by atoms with Gasteiger partial charge in [0.2, 0.25) is 0 Å². The molecule has 0 aromatic rings. The highest BCUT2D eigenvalue weighted by atomic mass is 16.2. The van der Waals surface area contributed by atoms with E-state index in [1.165, 1.54) is 25.7 Å². The first-order valence-electron chi connectivity index (χ1n) is 8.08. The van der Waals surface area contributed by atoms with Crippen LogP contribution in [0.3, 0.4) is 0 Å². The molecule has 1 heterocycles. The molecule has 0 aromatic heterocycles. The number of guanidine groups is 1. The quantitative estimate of drug-likeness (QED) is 0.814. The fraction of sp³-hybridized carbons (Fsp3) is 0.875. The van der Waals surface area contributed by atoms with Crippen LogP contribution in [0.2, 0.25) is 0 Å². The van der Waals surface area contributed by atoms with E-state index >= 15 is 0 Å². The van der Waals surface area contributed by atoms with Crippen molar-refractivity contribution in [3.05, 3.63) is 0 Å². The van der Waals surface area contributed by atoms with Crippen molar-refractivity contribution < 1.29 is 4.79 Å². The van der Waals surface area contributed by atoms with Crippen LogP contribution < -0.4 is 10.6 Å². The number of nitrogens with one attached hydrogen (secondary N) is 2. The normalized spacial score (nSPS) is 34.6. The first-order chi connectivity index (χ1) is 9.43. The fourth-order valence-electron chi connectivity index (χ4n) is 3.54. The average molecular weight is 277 g/mol. The molecular weight excluding hydrogens is 250 g/mol. The van der Waals surface area contributed by atoms with E-state index in [9.17, 15) is 4.79 Å². The molecule has 1 amide bonds. The molecule has 3 rings (SSSR count). The first kappa shape index (κ1) is 13.9. The summed E-state index contributed by atoms with van der Waals surface area (Å²) in [6, 6.07) is 0.404. The van der Waals surface area contributed by atoms with Gasteiger partial charge >= 0.3 is 0 Å². The van der Waals surface area contributed by atoms with Gasteiger partial charge in [-0.1, -0.05) is 20.8 Å². The predicted molar refractivity (Wildman–Crippen MR) is 80.4 cm³/mol. The van der Waals surface area contributed by atoms with Crippen LogP contribution in [0.25, 0.3) is 0 Å². The Morgan fingerprint density at radius 2 is 1.75 bits per heavy atom. The Morgan fingerprint density at radius 3 is 2.30 bits per heavy atom. The Morgan fingerprint density at radius 1 is 1.10 bits per heavy atom.